The minimum absolute atomic E-state index is 0.116. The molecule has 4 nitrogen and oxygen atoms in total. The molecule has 0 aromatic carbocycles. The molecule has 1 aliphatic heterocycles. The lowest BCUT2D eigenvalue weighted by Gasteiger charge is -2.41. The standard InChI is InChI=1S/C15H26O4/c1-4-7-9-12(8-5-2)15(10-6-3)18-13(16)11-14(17)19-15/h12H,4-11H2,1-3H3. The van der Waals surface area contributed by atoms with Crippen LogP contribution in [0.25, 0.3) is 0 Å². The Balaban J connectivity index is 2.91. The van der Waals surface area contributed by atoms with Crippen molar-refractivity contribution in [2.75, 3.05) is 0 Å². The van der Waals surface area contributed by atoms with Crippen LogP contribution in [0.5, 0.6) is 0 Å². The average Bonchev–Trinajstić information content (AvgIpc) is 2.33. The Labute approximate surface area is 115 Å². The molecule has 1 fully saturated rings. The van der Waals surface area contributed by atoms with Crippen molar-refractivity contribution in [2.24, 2.45) is 5.92 Å². The molecule has 110 valence electrons. The van der Waals surface area contributed by atoms with Crippen molar-refractivity contribution >= 4 is 11.9 Å². The zero-order valence-corrected chi connectivity index (χ0v) is 12.4. The van der Waals surface area contributed by atoms with E-state index in [2.05, 4.69) is 13.8 Å². The molecule has 0 radical (unpaired) electrons. The molecular formula is C15H26O4. The summed E-state index contributed by atoms with van der Waals surface area (Å²) in [4.78, 5) is 23.2. The number of hydrogen-bond acceptors (Lipinski definition) is 4. The number of cyclic esters (lactones) is 2. The van der Waals surface area contributed by atoms with Gasteiger partial charge < -0.3 is 9.47 Å². The van der Waals surface area contributed by atoms with Gasteiger partial charge in [-0.3, -0.25) is 9.59 Å². The van der Waals surface area contributed by atoms with E-state index in [4.69, 9.17) is 9.47 Å². The van der Waals surface area contributed by atoms with Crippen LogP contribution in [-0.2, 0) is 19.1 Å². The zero-order valence-electron chi connectivity index (χ0n) is 12.4. The van der Waals surface area contributed by atoms with Crippen LogP contribution < -0.4 is 0 Å². The van der Waals surface area contributed by atoms with Crippen LogP contribution in [0.1, 0.15) is 72.1 Å². The highest BCUT2D eigenvalue weighted by Gasteiger charge is 2.48. The zero-order chi connectivity index (χ0) is 14.3. The molecule has 0 aliphatic carbocycles. The van der Waals surface area contributed by atoms with E-state index >= 15 is 0 Å². The molecule has 1 atom stereocenters. The van der Waals surface area contributed by atoms with Crippen molar-refractivity contribution in [1.82, 2.24) is 0 Å². The van der Waals surface area contributed by atoms with Gasteiger partial charge in [-0.2, -0.15) is 0 Å². The summed E-state index contributed by atoms with van der Waals surface area (Å²) in [6.07, 6.45) is 6.17. The van der Waals surface area contributed by atoms with Gasteiger partial charge in [-0.05, 0) is 19.3 Å². The lowest BCUT2D eigenvalue weighted by atomic mass is 9.85. The molecule has 1 saturated heterocycles. The molecule has 1 heterocycles. The first-order valence-electron chi connectivity index (χ1n) is 7.51. The quantitative estimate of drug-likeness (QED) is 0.499. The van der Waals surface area contributed by atoms with Gasteiger partial charge >= 0.3 is 11.9 Å². The first-order valence-corrected chi connectivity index (χ1v) is 7.51. The lowest BCUT2D eigenvalue weighted by Crippen LogP contribution is -2.50. The van der Waals surface area contributed by atoms with E-state index < -0.39 is 17.7 Å². The first-order chi connectivity index (χ1) is 9.07. The molecular weight excluding hydrogens is 244 g/mol. The number of ether oxygens (including phenoxy) is 2. The third-order valence-electron chi connectivity index (χ3n) is 3.63. The Bertz CT molecular complexity index is 295. The topological polar surface area (TPSA) is 52.6 Å². The third kappa shape index (κ3) is 4.22. The van der Waals surface area contributed by atoms with Crippen LogP contribution >= 0.6 is 0 Å². The van der Waals surface area contributed by atoms with Crippen LogP contribution in [0.2, 0.25) is 0 Å². The van der Waals surface area contributed by atoms with Gasteiger partial charge in [0.2, 0.25) is 0 Å². The van der Waals surface area contributed by atoms with E-state index in [9.17, 15) is 9.59 Å². The molecule has 1 aliphatic rings. The summed E-state index contributed by atoms with van der Waals surface area (Å²) in [5.74, 6) is -1.78. The van der Waals surface area contributed by atoms with Crippen molar-refractivity contribution in [3.8, 4) is 0 Å². The number of esters is 2. The summed E-state index contributed by atoms with van der Waals surface area (Å²) < 4.78 is 11.0. The second kappa shape index (κ2) is 7.51. The van der Waals surface area contributed by atoms with E-state index in [-0.39, 0.29) is 12.3 Å². The summed E-state index contributed by atoms with van der Waals surface area (Å²) in [5.41, 5.74) is 0. The third-order valence-corrected chi connectivity index (χ3v) is 3.63. The van der Waals surface area contributed by atoms with Gasteiger partial charge in [-0.15, -0.1) is 0 Å². The molecule has 0 saturated carbocycles. The summed E-state index contributed by atoms with van der Waals surface area (Å²) >= 11 is 0. The fraction of sp³-hybridized carbons (Fsp3) is 0.867. The Kier molecular flexibility index (Phi) is 6.32. The van der Waals surface area contributed by atoms with Gasteiger partial charge in [0.25, 0.3) is 5.79 Å². The molecule has 0 amide bonds. The number of hydrogen-bond donors (Lipinski definition) is 0. The molecule has 0 N–H and O–H groups in total. The highest BCUT2D eigenvalue weighted by Crippen LogP contribution is 2.38. The van der Waals surface area contributed by atoms with Crippen LogP contribution in [0.3, 0.4) is 0 Å². The van der Waals surface area contributed by atoms with Crippen LogP contribution in [-0.4, -0.2) is 17.7 Å². The minimum atomic E-state index is -1.01. The molecule has 0 aromatic rings. The predicted octanol–water partition coefficient (Wildman–Crippen LogP) is 3.58. The van der Waals surface area contributed by atoms with Crippen LogP contribution in [0, 0.1) is 5.92 Å². The van der Waals surface area contributed by atoms with Gasteiger partial charge in [-0.1, -0.05) is 40.0 Å². The summed E-state index contributed by atoms with van der Waals surface area (Å²) in [7, 11) is 0. The summed E-state index contributed by atoms with van der Waals surface area (Å²) in [6, 6.07) is 0. The van der Waals surface area contributed by atoms with Gasteiger partial charge in [0.1, 0.15) is 6.42 Å². The van der Waals surface area contributed by atoms with Gasteiger partial charge in [0.05, 0.1) is 0 Å². The highest BCUT2D eigenvalue weighted by molar-refractivity contribution is 5.93. The summed E-state index contributed by atoms with van der Waals surface area (Å²) in [6.45, 7) is 6.25. The van der Waals surface area contributed by atoms with Gasteiger partial charge in [0.15, 0.2) is 0 Å². The average molecular weight is 270 g/mol. The Morgan fingerprint density at radius 3 is 2.11 bits per heavy atom. The van der Waals surface area contributed by atoms with Crippen molar-refractivity contribution in [3.63, 3.8) is 0 Å². The largest absolute Gasteiger partial charge is 0.422 e. The van der Waals surface area contributed by atoms with E-state index in [1.165, 1.54) is 0 Å². The summed E-state index contributed by atoms with van der Waals surface area (Å²) in [5, 5.41) is 0. The van der Waals surface area contributed by atoms with Crippen molar-refractivity contribution in [3.05, 3.63) is 0 Å². The molecule has 19 heavy (non-hydrogen) atoms. The minimum Gasteiger partial charge on any atom is -0.422 e. The van der Waals surface area contributed by atoms with Gasteiger partial charge in [0, 0.05) is 12.3 Å². The first kappa shape index (κ1) is 16.0. The number of carbonyl (C=O) groups excluding carboxylic acids is 2. The van der Waals surface area contributed by atoms with E-state index in [1.54, 1.807) is 0 Å². The Morgan fingerprint density at radius 1 is 1.00 bits per heavy atom. The normalized spacial score (nSPS) is 19.7. The number of carbonyl (C=O) groups is 2. The van der Waals surface area contributed by atoms with Crippen molar-refractivity contribution < 1.29 is 19.1 Å². The van der Waals surface area contributed by atoms with Crippen molar-refractivity contribution in [2.45, 2.75) is 77.9 Å². The maximum atomic E-state index is 11.6. The van der Waals surface area contributed by atoms with E-state index in [1.807, 2.05) is 6.92 Å². The molecule has 4 heteroatoms. The SMILES string of the molecule is CCCCC(CCC)C1(CCC)OC(=O)CC(=O)O1. The predicted molar refractivity (Wildman–Crippen MR) is 72.4 cm³/mol. The van der Waals surface area contributed by atoms with Crippen LogP contribution in [0.15, 0.2) is 0 Å². The van der Waals surface area contributed by atoms with Gasteiger partial charge in [-0.25, -0.2) is 0 Å². The fourth-order valence-corrected chi connectivity index (χ4v) is 2.80. The molecule has 0 bridgehead atoms. The van der Waals surface area contributed by atoms with Crippen LogP contribution in [0.4, 0.5) is 0 Å². The maximum absolute atomic E-state index is 11.6. The molecule has 0 spiro atoms. The van der Waals surface area contributed by atoms with E-state index in [0.717, 1.165) is 38.5 Å². The maximum Gasteiger partial charge on any atom is 0.320 e. The lowest BCUT2D eigenvalue weighted by molar-refractivity contribution is -0.267. The van der Waals surface area contributed by atoms with Crippen molar-refractivity contribution in [1.29, 1.82) is 0 Å². The molecule has 0 aromatic heterocycles. The fourth-order valence-electron chi connectivity index (χ4n) is 2.80. The smallest absolute Gasteiger partial charge is 0.320 e. The second-order valence-corrected chi connectivity index (χ2v) is 5.31. The Hall–Kier alpha value is -1.06. The second-order valence-electron chi connectivity index (χ2n) is 5.31. The Morgan fingerprint density at radius 2 is 1.63 bits per heavy atom. The van der Waals surface area contributed by atoms with E-state index in [0.29, 0.717) is 6.42 Å². The monoisotopic (exact) mass is 270 g/mol. The highest BCUT2D eigenvalue weighted by atomic mass is 16.7. The number of unbranched alkanes of at least 4 members (excludes halogenated alkanes) is 1. The molecule has 1 rings (SSSR count). The molecule has 1 unspecified atom stereocenters. The number of rotatable bonds is 8.